The molecule has 45 heavy (non-hydrogen) atoms. The van der Waals surface area contributed by atoms with Crippen molar-refractivity contribution in [2.75, 3.05) is 6.61 Å². The largest absolute Gasteiger partial charge is 0.490 e. The third kappa shape index (κ3) is 8.35. The summed E-state index contributed by atoms with van der Waals surface area (Å²) in [7, 11) is -3.88. The molecule has 0 saturated heterocycles. The molecular formula is C36H35N3O5S. The minimum atomic E-state index is -3.88. The van der Waals surface area contributed by atoms with E-state index < -0.39 is 22.0 Å². The van der Waals surface area contributed by atoms with E-state index in [4.69, 9.17) is 9.47 Å². The fourth-order valence-electron chi connectivity index (χ4n) is 4.86. The smallest absolute Gasteiger partial charge is 0.242 e. The Bertz CT molecular complexity index is 1890. The average molecular weight is 622 g/mol. The summed E-state index contributed by atoms with van der Waals surface area (Å²) >= 11 is 0. The van der Waals surface area contributed by atoms with Gasteiger partial charge in [0.05, 0.1) is 23.8 Å². The molecule has 0 aliphatic rings. The number of nitrogens with zero attached hydrogens (tertiary/aromatic N) is 1. The van der Waals surface area contributed by atoms with Crippen molar-refractivity contribution in [1.82, 2.24) is 10.1 Å². The maximum Gasteiger partial charge on any atom is 0.242 e. The van der Waals surface area contributed by atoms with Crippen molar-refractivity contribution in [3.05, 3.63) is 138 Å². The van der Waals surface area contributed by atoms with Gasteiger partial charge in [-0.15, -0.1) is 0 Å². The molecule has 0 spiro atoms. The average Bonchev–Trinajstić information content (AvgIpc) is 3.05. The molecular weight excluding hydrogens is 586 g/mol. The molecule has 0 fully saturated rings. The number of fused-ring (bicyclic) bond motifs is 1. The first kappa shape index (κ1) is 31.4. The van der Waals surface area contributed by atoms with E-state index in [9.17, 15) is 13.2 Å². The maximum atomic E-state index is 13.1. The van der Waals surface area contributed by atoms with Gasteiger partial charge in [-0.1, -0.05) is 90.5 Å². The van der Waals surface area contributed by atoms with Crippen LogP contribution in [-0.4, -0.2) is 27.1 Å². The second-order valence-corrected chi connectivity index (χ2v) is 12.2. The van der Waals surface area contributed by atoms with Gasteiger partial charge in [-0.2, -0.15) is 5.10 Å². The molecule has 0 unspecified atom stereocenters. The highest BCUT2D eigenvalue weighted by atomic mass is 32.2. The molecule has 5 aromatic rings. The lowest BCUT2D eigenvalue weighted by atomic mass is 10.0. The minimum absolute atomic E-state index is 0.127. The van der Waals surface area contributed by atoms with Gasteiger partial charge in [0.15, 0.2) is 11.5 Å². The topological polar surface area (TPSA) is 106 Å². The van der Waals surface area contributed by atoms with Crippen LogP contribution in [0.25, 0.3) is 10.8 Å². The number of hydrogen-bond acceptors (Lipinski definition) is 6. The lowest BCUT2D eigenvalue weighted by molar-refractivity contribution is -0.121. The van der Waals surface area contributed by atoms with Crippen LogP contribution in [0.1, 0.15) is 41.6 Å². The number of benzene rings is 5. The van der Waals surface area contributed by atoms with E-state index in [0.717, 1.165) is 21.9 Å². The Balaban J connectivity index is 1.24. The SMILES string of the molecule is CCOc1cc(/C=N\NC(=O)C[C@H](NS(=O)(=O)c2ccc(C)cc2)c2ccccc2)ccc1OCc1cccc2ccccc12. The van der Waals surface area contributed by atoms with Gasteiger partial charge in [-0.25, -0.2) is 18.6 Å². The first-order valence-corrected chi connectivity index (χ1v) is 16.1. The molecule has 0 aromatic heterocycles. The van der Waals surface area contributed by atoms with Crippen LogP contribution in [0.4, 0.5) is 0 Å². The van der Waals surface area contributed by atoms with Crippen molar-refractivity contribution < 1.29 is 22.7 Å². The zero-order valence-electron chi connectivity index (χ0n) is 25.1. The summed E-state index contributed by atoms with van der Waals surface area (Å²) in [5.74, 6) is 0.701. The van der Waals surface area contributed by atoms with Crippen molar-refractivity contribution in [3.63, 3.8) is 0 Å². The fraction of sp³-hybridized carbons (Fsp3) is 0.167. The Hall–Kier alpha value is -4.99. The first-order valence-electron chi connectivity index (χ1n) is 14.6. The Morgan fingerprint density at radius 2 is 1.58 bits per heavy atom. The number of hydrazone groups is 1. The molecule has 0 aliphatic carbocycles. The molecule has 9 heteroatoms. The van der Waals surface area contributed by atoms with Crippen molar-refractivity contribution in [1.29, 1.82) is 0 Å². The Labute approximate surface area is 263 Å². The summed E-state index contributed by atoms with van der Waals surface area (Å²) in [5.41, 5.74) is 5.88. The van der Waals surface area contributed by atoms with Gasteiger partial charge >= 0.3 is 0 Å². The Kier molecular flexibility index (Phi) is 10.2. The lowest BCUT2D eigenvalue weighted by Crippen LogP contribution is -2.32. The van der Waals surface area contributed by atoms with Crippen molar-refractivity contribution in [3.8, 4) is 11.5 Å². The zero-order valence-corrected chi connectivity index (χ0v) is 26.0. The Morgan fingerprint density at radius 1 is 0.844 bits per heavy atom. The van der Waals surface area contributed by atoms with E-state index in [2.05, 4.69) is 33.4 Å². The molecule has 0 bridgehead atoms. The molecule has 8 nitrogen and oxygen atoms in total. The van der Waals surface area contributed by atoms with E-state index in [1.54, 1.807) is 54.6 Å². The number of rotatable bonds is 13. The van der Waals surface area contributed by atoms with Gasteiger partial charge < -0.3 is 9.47 Å². The fourth-order valence-corrected chi connectivity index (χ4v) is 6.09. The summed E-state index contributed by atoms with van der Waals surface area (Å²) in [4.78, 5) is 13.0. The highest BCUT2D eigenvalue weighted by Gasteiger charge is 2.23. The Morgan fingerprint density at radius 3 is 2.36 bits per heavy atom. The van der Waals surface area contributed by atoms with Crippen LogP contribution in [-0.2, 0) is 21.4 Å². The zero-order chi connectivity index (χ0) is 31.6. The van der Waals surface area contributed by atoms with Crippen LogP contribution in [0.15, 0.2) is 125 Å². The van der Waals surface area contributed by atoms with E-state index in [1.807, 2.05) is 56.3 Å². The summed E-state index contributed by atoms with van der Waals surface area (Å²) in [5, 5.41) is 6.40. The lowest BCUT2D eigenvalue weighted by Gasteiger charge is -2.18. The van der Waals surface area contributed by atoms with Crippen LogP contribution in [0.5, 0.6) is 11.5 Å². The summed E-state index contributed by atoms with van der Waals surface area (Å²) in [6.45, 7) is 4.60. The summed E-state index contributed by atoms with van der Waals surface area (Å²) in [6.07, 6.45) is 1.35. The van der Waals surface area contributed by atoms with Crippen LogP contribution < -0.4 is 19.6 Å². The van der Waals surface area contributed by atoms with Gasteiger partial charge in [-0.05, 0) is 71.6 Å². The van der Waals surface area contributed by atoms with Crippen LogP contribution >= 0.6 is 0 Å². The van der Waals surface area contributed by atoms with Crippen LogP contribution in [0, 0.1) is 6.92 Å². The van der Waals surface area contributed by atoms with Crippen LogP contribution in [0.3, 0.4) is 0 Å². The molecule has 0 aliphatic heterocycles. The molecule has 5 aromatic carbocycles. The van der Waals surface area contributed by atoms with E-state index in [1.165, 1.54) is 6.21 Å². The third-order valence-corrected chi connectivity index (χ3v) is 8.64. The molecule has 1 atom stereocenters. The highest BCUT2D eigenvalue weighted by molar-refractivity contribution is 7.89. The predicted molar refractivity (Wildman–Crippen MR) is 177 cm³/mol. The van der Waals surface area contributed by atoms with Gasteiger partial charge in [0.25, 0.3) is 0 Å². The number of nitrogens with one attached hydrogen (secondary N) is 2. The standard InChI is InChI=1S/C36H35N3O5S/c1-3-43-35-22-27(18-21-34(35)44-25-30-14-9-13-28-10-7-8-15-32(28)30)24-37-38-36(40)23-33(29-11-5-4-6-12-29)39-45(41,42)31-19-16-26(2)17-20-31/h4-22,24,33,39H,3,23,25H2,1-2H3,(H,38,40)/b37-24-/t33-/m0/s1. The number of carbonyl (C=O) groups excluding carboxylic acids is 1. The van der Waals surface area contributed by atoms with Gasteiger partial charge in [0, 0.05) is 6.42 Å². The summed E-state index contributed by atoms with van der Waals surface area (Å²) in [6, 6.07) is 34.4. The molecule has 5 rings (SSSR count). The third-order valence-electron chi connectivity index (χ3n) is 7.15. The molecule has 0 heterocycles. The quantitative estimate of drug-likeness (QED) is 0.113. The second-order valence-electron chi connectivity index (χ2n) is 10.5. The van der Waals surface area contributed by atoms with Gasteiger partial charge in [0.2, 0.25) is 15.9 Å². The number of sulfonamides is 1. The minimum Gasteiger partial charge on any atom is -0.490 e. The number of ether oxygens (including phenoxy) is 2. The van der Waals surface area contributed by atoms with Crippen molar-refractivity contribution >= 4 is 32.9 Å². The van der Waals surface area contributed by atoms with Gasteiger partial charge in [0.1, 0.15) is 6.61 Å². The van der Waals surface area contributed by atoms with E-state index in [-0.39, 0.29) is 11.3 Å². The monoisotopic (exact) mass is 621 g/mol. The second kappa shape index (κ2) is 14.7. The van der Waals surface area contributed by atoms with E-state index in [0.29, 0.717) is 35.8 Å². The van der Waals surface area contributed by atoms with Crippen molar-refractivity contribution in [2.45, 2.75) is 37.8 Å². The molecule has 2 N–H and O–H groups in total. The first-order chi connectivity index (χ1) is 21.8. The number of amides is 1. The highest BCUT2D eigenvalue weighted by Crippen LogP contribution is 2.30. The predicted octanol–water partition coefficient (Wildman–Crippen LogP) is 6.69. The molecule has 1 amide bonds. The molecule has 0 radical (unpaired) electrons. The van der Waals surface area contributed by atoms with Gasteiger partial charge in [-0.3, -0.25) is 4.79 Å². The number of aryl methyl sites for hydroxylation is 1. The van der Waals surface area contributed by atoms with Crippen LogP contribution in [0.2, 0.25) is 0 Å². The normalized spacial score (nSPS) is 12.2. The van der Waals surface area contributed by atoms with Crippen molar-refractivity contribution in [2.24, 2.45) is 5.10 Å². The maximum absolute atomic E-state index is 13.1. The number of hydrogen-bond donors (Lipinski definition) is 2. The van der Waals surface area contributed by atoms with E-state index >= 15 is 0 Å². The molecule has 0 saturated carbocycles. The molecule has 230 valence electrons. The number of carbonyl (C=O) groups is 1. The summed E-state index contributed by atoms with van der Waals surface area (Å²) < 4.78 is 40.9.